The Labute approximate surface area is 58.1 Å². The molecule has 0 heterocycles. The van der Waals surface area contributed by atoms with E-state index in [-0.39, 0.29) is 6.61 Å². The van der Waals surface area contributed by atoms with Crippen LogP contribution in [-0.2, 0) is 14.5 Å². The maximum absolute atomic E-state index is 10.3. The third-order valence-corrected chi connectivity index (χ3v) is 1.46. The summed E-state index contributed by atoms with van der Waals surface area (Å²) in [5.41, 5.74) is 0. The van der Waals surface area contributed by atoms with E-state index in [1.807, 2.05) is 0 Å². The Morgan fingerprint density at radius 3 is 2.50 bits per heavy atom. The van der Waals surface area contributed by atoms with Crippen LogP contribution in [0.2, 0.25) is 0 Å². The van der Waals surface area contributed by atoms with Gasteiger partial charge in [0, 0.05) is 0 Å². The normalized spacial score (nSPS) is 10.9. The predicted molar refractivity (Wildman–Crippen MR) is 31.7 cm³/mol. The highest BCUT2D eigenvalue weighted by Gasteiger charge is 2.11. The zero-order valence-corrected chi connectivity index (χ0v) is 6.01. The third-order valence-electron chi connectivity index (χ3n) is 0.485. The van der Waals surface area contributed by atoms with Gasteiger partial charge in [0.15, 0.2) is 0 Å². The highest BCUT2D eigenvalue weighted by Crippen LogP contribution is 1.85. The van der Waals surface area contributed by atoms with Crippen LogP contribution in [0.4, 0.5) is 4.79 Å². The molecule has 7 heteroatoms. The number of nitrogens with one attached hydrogen (secondary N) is 1. The SMILES string of the molecule is CCOS(=O)(=O)NC(=O)O. The monoisotopic (exact) mass is 169 g/mol. The number of amides is 1. The summed E-state index contributed by atoms with van der Waals surface area (Å²) in [6, 6.07) is 0. The summed E-state index contributed by atoms with van der Waals surface area (Å²) in [7, 11) is -4.08. The van der Waals surface area contributed by atoms with E-state index in [4.69, 9.17) is 5.11 Å². The lowest BCUT2D eigenvalue weighted by Gasteiger charge is -1.99. The number of carbonyl (C=O) groups is 1. The van der Waals surface area contributed by atoms with Gasteiger partial charge in [0.25, 0.3) is 0 Å². The van der Waals surface area contributed by atoms with E-state index in [1.165, 1.54) is 11.6 Å². The molecule has 0 atom stereocenters. The molecule has 0 radical (unpaired) electrons. The summed E-state index contributed by atoms with van der Waals surface area (Å²) < 4.78 is 25.9. The van der Waals surface area contributed by atoms with Gasteiger partial charge in [0.05, 0.1) is 6.61 Å². The third kappa shape index (κ3) is 4.10. The summed E-state index contributed by atoms with van der Waals surface area (Å²) >= 11 is 0. The van der Waals surface area contributed by atoms with Crippen LogP contribution in [0.3, 0.4) is 0 Å². The molecule has 0 bridgehead atoms. The van der Waals surface area contributed by atoms with Crippen molar-refractivity contribution in [2.75, 3.05) is 6.61 Å². The zero-order chi connectivity index (χ0) is 8.20. The Kier molecular flexibility index (Phi) is 3.10. The highest BCUT2D eigenvalue weighted by molar-refractivity contribution is 7.85. The van der Waals surface area contributed by atoms with Gasteiger partial charge in [-0.3, -0.25) is 4.18 Å². The molecule has 2 N–H and O–H groups in total. The second kappa shape index (κ2) is 3.37. The lowest BCUT2D eigenvalue weighted by molar-refractivity contribution is 0.199. The van der Waals surface area contributed by atoms with E-state index in [0.29, 0.717) is 0 Å². The van der Waals surface area contributed by atoms with E-state index in [1.54, 1.807) is 0 Å². The molecule has 0 unspecified atom stereocenters. The minimum atomic E-state index is -4.08. The van der Waals surface area contributed by atoms with Gasteiger partial charge in [0.1, 0.15) is 0 Å². The minimum absolute atomic E-state index is 0.0946. The van der Waals surface area contributed by atoms with Crippen LogP contribution in [0.1, 0.15) is 6.92 Å². The molecule has 0 saturated heterocycles. The number of carboxylic acid groups (broad SMARTS) is 1. The number of rotatable bonds is 3. The van der Waals surface area contributed by atoms with Gasteiger partial charge in [-0.05, 0) is 6.92 Å². The van der Waals surface area contributed by atoms with E-state index in [0.717, 1.165) is 0 Å². The maximum Gasteiger partial charge on any atom is 0.420 e. The quantitative estimate of drug-likeness (QED) is 0.596. The van der Waals surface area contributed by atoms with Crippen molar-refractivity contribution < 1.29 is 22.5 Å². The Balaban J connectivity index is 4.02. The fraction of sp³-hybridized carbons (Fsp3) is 0.667. The molecule has 0 aromatic rings. The van der Waals surface area contributed by atoms with Gasteiger partial charge in [-0.1, -0.05) is 0 Å². The fourth-order valence-corrected chi connectivity index (χ4v) is 0.875. The van der Waals surface area contributed by atoms with Gasteiger partial charge in [-0.15, -0.1) is 0 Å². The van der Waals surface area contributed by atoms with E-state index in [2.05, 4.69) is 4.18 Å². The summed E-state index contributed by atoms with van der Waals surface area (Å²) in [5.74, 6) is 0. The molecule has 6 nitrogen and oxygen atoms in total. The van der Waals surface area contributed by atoms with Crippen LogP contribution >= 0.6 is 0 Å². The van der Waals surface area contributed by atoms with Crippen LogP contribution in [0.5, 0.6) is 0 Å². The van der Waals surface area contributed by atoms with Crippen LogP contribution in [0.25, 0.3) is 0 Å². The van der Waals surface area contributed by atoms with Crippen molar-refractivity contribution in [2.24, 2.45) is 0 Å². The van der Waals surface area contributed by atoms with Gasteiger partial charge in [-0.2, -0.15) is 13.1 Å². The molecule has 60 valence electrons. The molecule has 0 saturated carbocycles. The van der Waals surface area contributed by atoms with Gasteiger partial charge < -0.3 is 5.11 Å². The molecule has 0 fully saturated rings. The van der Waals surface area contributed by atoms with Crippen molar-refractivity contribution in [3.05, 3.63) is 0 Å². The van der Waals surface area contributed by atoms with E-state index < -0.39 is 16.4 Å². The van der Waals surface area contributed by atoms with Crippen LogP contribution < -0.4 is 4.72 Å². The molecule has 1 amide bonds. The van der Waals surface area contributed by atoms with Crippen molar-refractivity contribution >= 4 is 16.4 Å². The van der Waals surface area contributed by atoms with Gasteiger partial charge in [0.2, 0.25) is 0 Å². The molecule has 0 aliphatic heterocycles. The fourth-order valence-electron chi connectivity index (χ4n) is 0.292. The standard InChI is InChI=1S/C3H7NO5S/c1-2-9-10(7,8)4-3(5)6/h4H,2H2,1H3,(H,5,6). The Morgan fingerprint density at radius 2 is 2.20 bits per heavy atom. The van der Waals surface area contributed by atoms with Crippen molar-refractivity contribution in [3.63, 3.8) is 0 Å². The Hall–Kier alpha value is -0.820. The maximum atomic E-state index is 10.3. The number of hydrogen-bond acceptors (Lipinski definition) is 4. The average molecular weight is 169 g/mol. The van der Waals surface area contributed by atoms with Crippen molar-refractivity contribution in [1.29, 1.82) is 0 Å². The zero-order valence-electron chi connectivity index (χ0n) is 5.20. The molecule has 0 aromatic heterocycles. The van der Waals surface area contributed by atoms with Crippen LogP contribution in [0, 0.1) is 0 Å². The lowest BCUT2D eigenvalue weighted by atomic mass is 10.9. The second-order valence-electron chi connectivity index (χ2n) is 1.27. The highest BCUT2D eigenvalue weighted by atomic mass is 32.2. The topological polar surface area (TPSA) is 92.7 Å². The minimum Gasteiger partial charge on any atom is -0.464 e. The summed E-state index contributed by atoms with van der Waals surface area (Å²) in [6.45, 7) is 1.34. The molecule has 0 aliphatic rings. The molecular formula is C3H7NO5S. The molecule has 0 aromatic carbocycles. The molecular weight excluding hydrogens is 162 g/mol. The van der Waals surface area contributed by atoms with Gasteiger partial charge >= 0.3 is 16.4 Å². The summed E-state index contributed by atoms with van der Waals surface area (Å²) in [4.78, 5) is 9.72. The first kappa shape index (κ1) is 9.18. The predicted octanol–water partition coefficient (Wildman–Crippen LogP) is -0.465. The van der Waals surface area contributed by atoms with Crippen LogP contribution in [-0.4, -0.2) is 26.2 Å². The first-order chi connectivity index (χ1) is 4.48. The Bertz CT molecular complexity index is 207. The number of hydrogen-bond donors (Lipinski definition) is 2. The molecule has 10 heavy (non-hydrogen) atoms. The molecule has 0 rings (SSSR count). The smallest absolute Gasteiger partial charge is 0.420 e. The molecule has 0 spiro atoms. The van der Waals surface area contributed by atoms with E-state index >= 15 is 0 Å². The lowest BCUT2D eigenvalue weighted by Crippen LogP contribution is -2.30. The van der Waals surface area contributed by atoms with Gasteiger partial charge in [-0.25, -0.2) is 4.79 Å². The first-order valence-corrected chi connectivity index (χ1v) is 3.79. The Morgan fingerprint density at radius 1 is 1.70 bits per heavy atom. The summed E-state index contributed by atoms with van der Waals surface area (Å²) in [6.07, 6.45) is -1.66. The van der Waals surface area contributed by atoms with Crippen molar-refractivity contribution in [1.82, 2.24) is 4.72 Å². The second-order valence-corrected chi connectivity index (χ2v) is 2.62. The van der Waals surface area contributed by atoms with Crippen molar-refractivity contribution in [3.8, 4) is 0 Å². The average Bonchev–Trinajstić information content (AvgIpc) is 1.59. The largest absolute Gasteiger partial charge is 0.464 e. The van der Waals surface area contributed by atoms with Crippen LogP contribution in [0.15, 0.2) is 0 Å². The van der Waals surface area contributed by atoms with E-state index in [9.17, 15) is 13.2 Å². The molecule has 0 aliphatic carbocycles. The van der Waals surface area contributed by atoms with Crippen molar-refractivity contribution in [2.45, 2.75) is 6.92 Å². The summed E-state index contributed by atoms with van der Waals surface area (Å²) in [5, 5.41) is 7.91. The first-order valence-electron chi connectivity index (χ1n) is 2.38.